The average Bonchev–Trinajstić information content (AvgIpc) is 2.73. The zero-order chi connectivity index (χ0) is 23.1. The molecule has 3 aromatic rings. The lowest BCUT2D eigenvalue weighted by atomic mass is 10.0. The van der Waals surface area contributed by atoms with E-state index in [1.165, 1.54) is 29.4 Å². The van der Waals surface area contributed by atoms with E-state index in [0.717, 1.165) is 29.8 Å². The highest BCUT2D eigenvalue weighted by Gasteiger charge is 2.29. The monoisotopic (exact) mass is 478 g/mol. The molecule has 0 fully saturated rings. The summed E-state index contributed by atoms with van der Waals surface area (Å²) in [5.74, 6) is -1.06. The van der Waals surface area contributed by atoms with E-state index < -0.39 is 31.7 Å². The molecular formula is C22H20F2N2O4S2. The van der Waals surface area contributed by atoms with Crippen molar-refractivity contribution >= 4 is 25.7 Å². The van der Waals surface area contributed by atoms with Gasteiger partial charge in [0, 0.05) is 18.8 Å². The highest BCUT2D eigenvalue weighted by Crippen LogP contribution is 2.28. The van der Waals surface area contributed by atoms with Gasteiger partial charge in [-0.1, -0.05) is 6.07 Å². The summed E-state index contributed by atoms with van der Waals surface area (Å²) in [6.07, 6.45) is 0.458. The third kappa shape index (κ3) is 4.38. The van der Waals surface area contributed by atoms with Gasteiger partial charge >= 0.3 is 0 Å². The SMILES string of the molecule is Cc1cc(F)ccc1S(=O)(=O)Nc1ccc2c(c1)CN(S(=O)(=O)c1ccc(F)cc1)CC2. The van der Waals surface area contributed by atoms with Crippen LogP contribution in [0, 0.1) is 18.6 Å². The number of halogens is 2. The predicted octanol–water partition coefficient (Wildman–Crippen LogP) is 3.82. The smallest absolute Gasteiger partial charge is 0.262 e. The van der Waals surface area contributed by atoms with Gasteiger partial charge in [-0.15, -0.1) is 0 Å². The van der Waals surface area contributed by atoms with Crippen LogP contribution in [0.3, 0.4) is 0 Å². The molecule has 0 atom stereocenters. The maximum atomic E-state index is 13.3. The van der Waals surface area contributed by atoms with Crippen molar-refractivity contribution in [3.8, 4) is 0 Å². The second-order valence-corrected chi connectivity index (χ2v) is 11.1. The molecule has 0 unspecified atom stereocenters. The molecule has 3 aromatic carbocycles. The van der Waals surface area contributed by atoms with Gasteiger partial charge in [0.1, 0.15) is 11.6 Å². The molecule has 0 saturated heterocycles. The molecule has 1 heterocycles. The number of rotatable bonds is 5. The molecule has 4 rings (SSSR count). The summed E-state index contributed by atoms with van der Waals surface area (Å²) >= 11 is 0. The van der Waals surface area contributed by atoms with Gasteiger partial charge in [-0.05, 0) is 84.6 Å². The number of anilines is 1. The van der Waals surface area contributed by atoms with Crippen molar-refractivity contribution < 1.29 is 25.6 Å². The minimum atomic E-state index is -3.96. The van der Waals surface area contributed by atoms with Gasteiger partial charge in [-0.25, -0.2) is 25.6 Å². The first-order valence-corrected chi connectivity index (χ1v) is 12.6. The first-order chi connectivity index (χ1) is 15.1. The van der Waals surface area contributed by atoms with Gasteiger partial charge < -0.3 is 0 Å². The van der Waals surface area contributed by atoms with Gasteiger partial charge in [-0.3, -0.25) is 4.72 Å². The summed E-state index contributed by atoms with van der Waals surface area (Å²) in [7, 11) is -7.79. The normalized spacial score (nSPS) is 14.7. The van der Waals surface area contributed by atoms with Gasteiger partial charge in [0.2, 0.25) is 10.0 Å². The molecule has 10 heteroatoms. The lowest BCUT2D eigenvalue weighted by Crippen LogP contribution is -2.36. The number of hydrogen-bond acceptors (Lipinski definition) is 4. The summed E-state index contributed by atoms with van der Waals surface area (Å²) in [6, 6.07) is 13.0. The molecule has 0 bridgehead atoms. The quantitative estimate of drug-likeness (QED) is 0.604. The van der Waals surface area contributed by atoms with Crippen LogP contribution in [-0.2, 0) is 33.0 Å². The minimum absolute atomic E-state index is 0.00834. The van der Waals surface area contributed by atoms with Crippen LogP contribution in [0.1, 0.15) is 16.7 Å². The third-order valence-electron chi connectivity index (χ3n) is 5.31. The van der Waals surface area contributed by atoms with Crippen LogP contribution >= 0.6 is 0 Å². The molecule has 0 spiro atoms. The Labute approximate surface area is 185 Å². The van der Waals surface area contributed by atoms with Crippen molar-refractivity contribution in [3.63, 3.8) is 0 Å². The number of nitrogens with zero attached hydrogens (tertiary/aromatic N) is 1. The third-order valence-corrected chi connectivity index (χ3v) is 8.71. The van der Waals surface area contributed by atoms with E-state index >= 15 is 0 Å². The first-order valence-electron chi connectivity index (χ1n) is 9.73. The van der Waals surface area contributed by atoms with E-state index in [0.29, 0.717) is 12.0 Å². The summed E-state index contributed by atoms with van der Waals surface area (Å²) < 4.78 is 81.7. The Bertz CT molecular complexity index is 1390. The van der Waals surface area contributed by atoms with Crippen molar-refractivity contribution in [1.29, 1.82) is 0 Å². The van der Waals surface area contributed by atoms with Crippen LogP contribution in [0.5, 0.6) is 0 Å². The molecular weight excluding hydrogens is 458 g/mol. The standard InChI is InChI=1S/C22H20F2N2O4S2/c1-15-12-19(24)5-9-22(15)31(27,28)25-20-6-2-16-10-11-26(14-17(16)13-20)32(29,30)21-7-3-18(23)4-8-21/h2-9,12-13,25H,10-11,14H2,1H3. The fourth-order valence-electron chi connectivity index (χ4n) is 3.68. The molecule has 1 N–H and O–H groups in total. The largest absolute Gasteiger partial charge is 0.280 e. The van der Waals surface area contributed by atoms with Gasteiger partial charge in [0.25, 0.3) is 10.0 Å². The Morgan fingerprint density at radius 1 is 0.844 bits per heavy atom. The minimum Gasteiger partial charge on any atom is -0.280 e. The molecule has 0 amide bonds. The first kappa shape index (κ1) is 22.4. The van der Waals surface area contributed by atoms with Crippen LogP contribution < -0.4 is 4.72 Å². The van der Waals surface area contributed by atoms with Crippen molar-refractivity contribution in [1.82, 2.24) is 4.31 Å². The number of nitrogens with one attached hydrogen (secondary N) is 1. The summed E-state index contributed by atoms with van der Waals surface area (Å²) in [5, 5.41) is 0. The molecule has 32 heavy (non-hydrogen) atoms. The van der Waals surface area contributed by atoms with E-state index in [9.17, 15) is 25.6 Å². The second kappa shape index (κ2) is 8.27. The van der Waals surface area contributed by atoms with Crippen molar-refractivity contribution in [2.45, 2.75) is 29.7 Å². The molecule has 0 saturated carbocycles. The maximum Gasteiger partial charge on any atom is 0.262 e. The van der Waals surface area contributed by atoms with E-state index in [1.54, 1.807) is 18.2 Å². The van der Waals surface area contributed by atoms with Gasteiger partial charge in [0.15, 0.2) is 0 Å². The van der Waals surface area contributed by atoms with Crippen LogP contribution in [0.25, 0.3) is 0 Å². The zero-order valence-corrected chi connectivity index (χ0v) is 18.7. The maximum absolute atomic E-state index is 13.3. The summed E-state index contributed by atoms with van der Waals surface area (Å²) in [4.78, 5) is -0.0527. The van der Waals surface area contributed by atoms with Crippen LogP contribution in [0.2, 0.25) is 0 Å². The van der Waals surface area contributed by atoms with E-state index in [1.807, 2.05) is 0 Å². The molecule has 0 aliphatic carbocycles. The summed E-state index contributed by atoms with van der Waals surface area (Å²) in [6.45, 7) is 1.81. The van der Waals surface area contributed by atoms with Gasteiger partial charge in [0.05, 0.1) is 9.79 Å². The van der Waals surface area contributed by atoms with Crippen molar-refractivity contribution in [3.05, 3.63) is 89.0 Å². The molecule has 168 valence electrons. The van der Waals surface area contributed by atoms with Crippen LogP contribution in [-0.4, -0.2) is 27.7 Å². The molecule has 6 nitrogen and oxygen atoms in total. The molecule has 0 radical (unpaired) electrons. The number of hydrogen-bond donors (Lipinski definition) is 1. The predicted molar refractivity (Wildman–Crippen MR) is 116 cm³/mol. The van der Waals surface area contributed by atoms with Crippen molar-refractivity contribution in [2.24, 2.45) is 0 Å². The highest BCUT2D eigenvalue weighted by molar-refractivity contribution is 7.92. The van der Waals surface area contributed by atoms with E-state index in [-0.39, 0.29) is 34.1 Å². The fraction of sp³-hybridized carbons (Fsp3) is 0.182. The lowest BCUT2D eigenvalue weighted by molar-refractivity contribution is 0.391. The highest BCUT2D eigenvalue weighted by atomic mass is 32.2. The molecule has 0 aromatic heterocycles. The Morgan fingerprint density at radius 3 is 2.22 bits per heavy atom. The number of sulfonamides is 2. The van der Waals surface area contributed by atoms with Crippen molar-refractivity contribution in [2.75, 3.05) is 11.3 Å². The van der Waals surface area contributed by atoms with Gasteiger partial charge in [-0.2, -0.15) is 4.31 Å². The fourth-order valence-corrected chi connectivity index (χ4v) is 6.38. The second-order valence-electron chi connectivity index (χ2n) is 7.54. The number of aryl methyl sites for hydroxylation is 1. The Balaban J connectivity index is 1.60. The molecule has 1 aliphatic rings. The number of fused-ring (bicyclic) bond motifs is 1. The van der Waals surface area contributed by atoms with E-state index in [4.69, 9.17) is 0 Å². The number of benzene rings is 3. The Hall–Kier alpha value is -2.82. The lowest BCUT2D eigenvalue weighted by Gasteiger charge is -2.28. The topological polar surface area (TPSA) is 83.6 Å². The Kier molecular flexibility index (Phi) is 5.78. The summed E-state index contributed by atoms with van der Waals surface area (Å²) in [5.41, 5.74) is 2.12. The van der Waals surface area contributed by atoms with Crippen LogP contribution in [0.4, 0.5) is 14.5 Å². The zero-order valence-electron chi connectivity index (χ0n) is 17.0. The van der Waals surface area contributed by atoms with E-state index in [2.05, 4.69) is 4.72 Å². The Morgan fingerprint density at radius 2 is 1.53 bits per heavy atom. The van der Waals surface area contributed by atoms with Crippen LogP contribution in [0.15, 0.2) is 70.5 Å². The average molecular weight is 479 g/mol. The molecule has 1 aliphatic heterocycles.